The highest BCUT2D eigenvalue weighted by Gasteiger charge is 2.16. The van der Waals surface area contributed by atoms with Gasteiger partial charge in [-0.05, 0) is 52.2 Å². The number of rotatable bonds is 4. The number of hydrogen-bond acceptors (Lipinski definition) is 3. The van der Waals surface area contributed by atoms with Crippen LogP contribution in [0.2, 0.25) is 0 Å². The number of para-hydroxylation sites is 1. The Morgan fingerprint density at radius 2 is 1.25 bits per heavy atom. The summed E-state index contributed by atoms with van der Waals surface area (Å²) in [6.45, 7) is 0. The molecular formula is C36H23N3O. The van der Waals surface area contributed by atoms with Crippen LogP contribution in [0, 0.1) is 0 Å². The number of benzene rings is 5. The number of ether oxygens (including phenoxy) is 1. The van der Waals surface area contributed by atoms with E-state index in [2.05, 4.69) is 107 Å². The molecule has 0 spiro atoms. The van der Waals surface area contributed by atoms with E-state index in [4.69, 9.17) is 9.72 Å². The highest BCUT2D eigenvalue weighted by atomic mass is 16.5. The Bertz CT molecular complexity index is 2210. The molecule has 0 N–H and O–H groups in total. The zero-order valence-corrected chi connectivity index (χ0v) is 21.5. The second-order valence-corrected chi connectivity index (χ2v) is 9.94. The van der Waals surface area contributed by atoms with Gasteiger partial charge < -0.3 is 4.74 Å². The molecule has 0 saturated carbocycles. The minimum absolute atomic E-state index is 0.577. The summed E-state index contributed by atoms with van der Waals surface area (Å²) in [5.41, 5.74) is 4.43. The lowest BCUT2D eigenvalue weighted by Gasteiger charge is -2.11. The number of pyridine rings is 2. The van der Waals surface area contributed by atoms with Crippen LogP contribution in [0.25, 0.3) is 60.3 Å². The van der Waals surface area contributed by atoms with Gasteiger partial charge in [-0.1, -0.05) is 91.0 Å². The predicted molar refractivity (Wildman–Crippen MR) is 163 cm³/mol. The molecule has 3 aromatic heterocycles. The lowest BCUT2D eigenvalue weighted by Crippen LogP contribution is -1.98. The molecule has 0 amide bonds. The molecule has 8 rings (SSSR count). The lowest BCUT2D eigenvalue weighted by molar-refractivity contribution is 0.464. The molecule has 0 aliphatic heterocycles. The smallest absolute Gasteiger partial charge is 0.219 e. The third kappa shape index (κ3) is 3.69. The van der Waals surface area contributed by atoms with Crippen molar-refractivity contribution in [2.45, 2.75) is 0 Å². The number of hydrogen-bond donors (Lipinski definition) is 0. The average molecular weight is 514 g/mol. The van der Waals surface area contributed by atoms with Gasteiger partial charge in [-0.3, -0.25) is 4.57 Å². The SMILES string of the molecule is c1cc(Oc2cc3ccccc3cn2)cc(-c2ccc3c4ccccc4n(-c4nccc5ccccc45)c3c2)c1. The first-order chi connectivity index (χ1) is 19.8. The third-order valence-corrected chi connectivity index (χ3v) is 7.53. The number of nitrogens with zero attached hydrogens (tertiary/aromatic N) is 3. The van der Waals surface area contributed by atoms with Crippen LogP contribution in [-0.4, -0.2) is 14.5 Å². The summed E-state index contributed by atoms with van der Waals surface area (Å²) in [5.74, 6) is 2.26. The van der Waals surface area contributed by atoms with E-state index in [0.717, 1.165) is 49.9 Å². The van der Waals surface area contributed by atoms with E-state index < -0.39 is 0 Å². The summed E-state index contributed by atoms with van der Waals surface area (Å²) in [6, 6.07) is 44.0. The first kappa shape index (κ1) is 22.5. The summed E-state index contributed by atoms with van der Waals surface area (Å²) < 4.78 is 8.49. The van der Waals surface area contributed by atoms with Gasteiger partial charge in [0.2, 0.25) is 5.88 Å². The number of fused-ring (bicyclic) bond motifs is 5. The van der Waals surface area contributed by atoms with Crippen molar-refractivity contribution in [2.24, 2.45) is 0 Å². The van der Waals surface area contributed by atoms with E-state index in [1.165, 1.54) is 16.2 Å². The van der Waals surface area contributed by atoms with Gasteiger partial charge >= 0.3 is 0 Å². The van der Waals surface area contributed by atoms with E-state index in [-0.39, 0.29) is 0 Å². The van der Waals surface area contributed by atoms with Crippen LogP contribution in [0.5, 0.6) is 11.6 Å². The summed E-state index contributed by atoms with van der Waals surface area (Å²) >= 11 is 0. The fourth-order valence-corrected chi connectivity index (χ4v) is 5.64. The van der Waals surface area contributed by atoms with Gasteiger partial charge in [0.1, 0.15) is 11.6 Å². The monoisotopic (exact) mass is 513 g/mol. The third-order valence-electron chi connectivity index (χ3n) is 7.53. The zero-order valence-electron chi connectivity index (χ0n) is 21.5. The molecule has 0 unspecified atom stereocenters. The fraction of sp³-hybridized carbons (Fsp3) is 0. The average Bonchev–Trinajstić information content (AvgIpc) is 3.34. The predicted octanol–water partition coefficient (Wildman–Crippen LogP) is 9.34. The normalized spacial score (nSPS) is 11.5. The maximum atomic E-state index is 6.20. The van der Waals surface area contributed by atoms with Crippen LogP contribution >= 0.6 is 0 Å². The topological polar surface area (TPSA) is 39.9 Å². The van der Waals surface area contributed by atoms with Gasteiger partial charge in [0, 0.05) is 40.0 Å². The van der Waals surface area contributed by atoms with Crippen molar-refractivity contribution >= 4 is 43.4 Å². The summed E-state index contributed by atoms with van der Waals surface area (Å²) in [7, 11) is 0. The van der Waals surface area contributed by atoms with Gasteiger partial charge in [-0.15, -0.1) is 0 Å². The van der Waals surface area contributed by atoms with Crippen LogP contribution in [0.15, 0.2) is 140 Å². The highest BCUT2D eigenvalue weighted by molar-refractivity contribution is 6.11. The molecular weight excluding hydrogens is 490 g/mol. The Hall–Kier alpha value is -5.48. The Morgan fingerprint density at radius 3 is 2.17 bits per heavy atom. The molecule has 0 radical (unpaired) electrons. The van der Waals surface area contributed by atoms with Gasteiger partial charge in [-0.2, -0.15) is 0 Å². The molecule has 0 atom stereocenters. The van der Waals surface area contributed by atoms with E-state index in [1.54, 1.807) is 0 Å². The lowest BCUT2D eigenvalue weighted by atomic mass is 10.0. The molecule has 0 aliphatic carbocycles. The van der Waals surface area contributed by atoms with Gasteiger partial charge in [0.15, 0.2) is 0 Å². The Morgan fingerprint density at radius 1 is 0.500 bits per heavy atom. The van der Waals surface area contributed by atoms with Crippen LogP contribution in [0.1, 0.15) is 0 Å². The Labute approximate surface area is 230 Å². The van der Waals surface area contributed by atoms with Crippen molar-refractivity contribution in [2.75, 3.05) is 0 Å². The molecule has 0 saturated heterocycles. The first-order valence-electron chi connectivity index (χ1n) is 13.3. The number of aromatic nitrogens is 3. The van der Waals surface area contributed by atoms with Gasteiger partial charge in [0.05, 0.1) is 11.0 Å². The van der Waals surface area contributed by atoms with Gasteiger partial charge in [0.25, 0.3) is 0 Å². The molecule has 40 heavy (non-hydrogen) atoms. The van der Waals surface area contributed by atoms with E-state index in [0.29, 0.717) is 5.88 Å². The highest BCUT2D eigenvalue weighted by Crippen LogP contribution is 2.37. The van der Waals surface area contributed by atoms with Crippen LogP contribution in [0.3, 0.4) is 0 Å². The van der Waals surface area contributed by atoms with Crippen molar-refractivity contribution in [1.82, 2.24) is 14.5 Å². The molecule has 4 heteroatoms. The molecule has 0 aliphatic rings. The van der Waals surface area contributed by atoms with Crippen LogP contribution < -0.4 is 4.74 Å². The van der Waals surface area contributed by atoms with E-state index in [9.17, 15) is 0 Å². The largest absolute Gasteiger partial charge is 0.439 e. The van der Waals surface area contributed by atoms with Crippen LogP contribution in [-0.2, 0) is 0 Å². The maximum Gasteiger partial charge on any atom is 0.219 e. The maximum absolute atomic E-state index is 6.20. The second kappa shape index (κ2) is 9.07. The molecule has 5 aromatic carbocycles. The quantitative estimate of drug-likeness (QED) is 0.235. The molecule has 0 fully saturated rings. The standard InChI is InChI=1S/C36H23N3O/c1-2-10-28-23-38-35(22-26(28)9-1)40-29-12-7-11-25(20-29)27-16-17-32-31-14-5-6-15-33(31)39(34(32)21-27)36-30-13-4-3-8-24(30)18-19-37-36/h1-23H. The molecule has 8 aromatic rings. The zero-order chi connectivity index (χ0) is 26.5. The minimum atomic E-state index is 0.577. The van der Waals surface area contributed by atoms with Crippen molar-refractivity contribution in [1.29, 1.82) is 0 Å². The van der Waals surface area contributed by atoms with E-state index in [1.807, 2.05) is 42.7 Å². The van der Waals surface area contributed by atoms with Gasteiger partial charge in [-0.25, -0.2) is 9.97 Å². The molecule has 0 bridgehead atoms. The van der Waals surface area contributed by atoms with Crippen molar-refractivity contribution in [3.05, 3.63) is 140 Å². The molecule has 188 valence electrons. The summed E-state index contributed by atoms with van der Waals surface area (Å²) in [5, 5.41) is 6.88. The van der Waals surface area contributed by atoms with Crippen LogP contribution in [0.4, 0.5) is 0 Å². The van der Waals surface area contributed by atoms with Crippen molar-refractivity contribution in [3.63, 3.8) is 0 Å². The Balaban J connectivity index is 1.27. The van der Waals surface area contributed by atoms with E-state index >= 15 is 0 Å². The summed E-state index contributed by atoms with van der Waals surface area (Å²) in [6.07, 6.45) is 3.74. The fourth-order valence-electron chi connectivity index (χ4n) is 5.64. The second-order valence-electron chi connectivity index (χ2n) is 9.94. The Kier molecular flexibility index (Phi) is 5.10. The molecule has 3 heterocycles. The minimum Gasteiger partial charge on any atom is -0.439 e. The first-order valence-corrected chi connectivity index (χ1v) is 13.3. The molecule has 4 nitrogen and oxygen atoms in total. The van der Waals surface area contributed by atoms with Crippen molar-refractivity contribution < 1.29 is 4.74 Å². The summed E-state index contributed by atoms with van der Waals surface area (Å²) in [4.78, 5) is 9.38. The van der Waals surface area contributed by atoms with Crippen molar-refractivity contribution in [3.8, 4) is 28.6 Å².